The topological polar surface area (TPSA) is 84.9 Å². The fraction of sp³-hybridized carbons (Fsp3) is 0.233. The molecule has 1 heterocycles. The Morgan fingerprint density at radius 1 is 0.895 bits per heavy atom. The van der Waals surface area contributed by atoms with E-state index in [0.717, 1.165) is 32.7 Å². The number of amides is 4. The Bertz CT molecular complexity index is 1460. The standard InChI is InChI=1S/C30H29BrN2O5/c1-6-37-26-15-21(14-25(31)27(26)38-16-22-10-17(2)9-18(3)11-22)13-24-28(34)32-30(36)33(29(24)35)23-8-7-19(4)20(5)12-23/h7-15H,6,16H2,1-5H3,(H,32,34,36)/b24-13+. The zero-order chi connectivity index (χ0) is 27.6. The minimum absolute atomic E-state index is 0.166. The molecule has 0 bridgehead atoms. The molecule has 8 heteroatoms. The van der Waals surface area contributed by atoms with Crippen LogP contribution >= 0.6 is 15.9 Å². The predicted molar refractivity (Wildman–Crippen MR) is 150 cm³/mol. The molecule has 1 fully saturated rings. The van der Waals surface area contributed by atoms with Gasteiger partial charge in [0.1, 0.15) is 12.2 Å². The first-order chi connectivity index (χ1) is 18.1. The lowest BCUT2D eigenvalue weighted by Crippen LogP contribution is -2.54. The molecule has 38 heavy (non-hydrogen) atoms. The Balaban J connectivity index is 1.67. The van der Waals surface area contributed by atoms with Crippen LogP contribution in [-0.4, -0.2) is 24.5 Å². The van der Waals surface area contributed by atoms with E-state index in [1.165, 1.54) is 6.08 Å². The molecule has 7 nitrogen and oxygen atoms in total. The third kappa shape index (κ3) is 5.81. The van der Waals surface area contributed by atoms with Crippen LogP contribution in [0.1, 0.15) is 40.3 Å². The van der Waals surface area contributed by atoms with Gasteiger partial charge >= 0.3 is 6.03 Å². The summed E-state index contributed by atoms with van der Waals surface area (Å²) in [5.41, 5.74) is 6.04. The number of anilines is 1. The van der Waals surface area contributed by atoms with Crippen molar-refractivity contribution in [1.82, 2.24) is 5.32 Å². The first-order valence-corrected chi connectivity index (χ1v) is 13.0. The molecule has 1 aliphatic rings. The average Bonchev–Trinajstić information content (AvgIpc) is 2.83. The number of carbonyl (C=O) groups excluding carboxylic acids is 3. The maximum atomic E-state index is 13.3. The number of imide groups is 2. The van der Waals surface area contributed by atoms with Crippen LogP contribution in [0.2, 0.25) is 0 Å². The van der Waals surface area contributed by atoms with Gasteiger partial charge in [-0.15, -0.1) is 0 Å². The molecule has 0 radical (unpaired) electrons. The molecular weight excluding hydrogens is 548 g/mol. The largest absolute Gasteiger partial charge is 0.490 e. The number of aryl methyl sites for hydroxylation is 4. The van der Waals surface area contributed by atoms with Gasteiger partial charge in [0.05, 0.1) is 16.8 Å². The van der Waals surface area contributed by atoms with Gasteiger partial charge in [-0.2, -0.15) is 0 Å². The van der Waals surface area contributed by atoms with Crippen molar-refractivity contribution in [2.75, 3.05) is 11.5 Å². The van der Waals surface area contributed by atoms with Gasteiger partial charge in [0, 0.05) is 0 Å². The molecule has 0 atom stereocenters. The molecule has 1 saturated heterocycles. The first-order valence-electron chi connectivity index (χ1n) is 12.2. The van der Waals surface area contributed by atoms with E-state index < -0.39 is 17.8 Å². The van der Waals surface area contributed by atoms with Crippen LogP contribution in [0.15, 0.2) is 58.6 Å². The number of halogens is 1. The van der Waals surface area contributed by atoms with Crippen molar-refractivity contribution in [3.8, 4) is 11.5 Å². The number of barbiturate groups is 1. The van der Waals surface area contributed by atoms with E-state index in [1.807, 2.05) is 40.7 Å². The lowest BCUT2D eigenvalue weighted by atomic mass is 10.0. The summed E-state index contributed by atoms with van der Waals surface area (Å²) < 4.78 is 12.6. The highest BCUT2D eigenvalue weighted by atomic mass is 79.9. The van der Waals surface area contributed by atoms with Crippen molar-refractivity contribution in [3.05, 3.63) is 92.0 Å². The fourth-order valence-corrected chi connectivity index (χ4v) is 4.88. The highest BCUT2D eigenvalue weighted by Gasteiger charge is 2.37. The second-order valence-electron chi connectivity index (χ2n) is 9.27. The maximum absolute atomic E-state index is 13.3. The molecule has 0 unspecified atom stereocenters. The van der Waals surface area contributed by atoms with E-state index in [1.54, 1.807) is 24.3 Å². The summed E-state index contributed by atoms with van der Waals surface area (Å²) in [5, 5.41) is 2.27. The lowest BCUT2D eigenvalue weighted by Gasteiger charge is -2.27. The summed E-state index contributed by atoms with van der Waals surface area (Å²) in [6.45, 7) is 10.5. The smallest absolute Gasteiger partial charge is 0.335 e. The van der Waals surface area contributed by atoms with E-state index in [4.69, 9.17) is 9.47 Å². The zero-order valence-electron chi connectivity index (χ0n) is 22.0. The van der Waals surface area contributed by atoms with Gasteiger partial charge in [0.25, 0.3) is 11.8 Å². The molecule has 1 aliphatic heterocycles. The molecule has 196 valence electrons. The number of rotatable bonds is 7. The number of hydrogen-bond donors (Lipinski definition) is 1. The van der Waals surface area contributed by atoms with Gasteiger partial charge in [0.15, 0.2) is 11.5 Å². The van der Waals surface area contributed by atoms with Gasteiger partial charge in [-0.3, -0.25) is 14.9 Å². The van der Waals surface area contributed by atoms with Crippen molar-refractivity contribution < 1.29 is 23.9 Å². The van der Waals surface area contributed by atoms with Gasteiger partial charge < -0.3 is 9.47 Å². The number of hydrogen-bond acceptors (Lipinski definition) is 5. The molecule has 0 aliphatic carbocycles. The van der Waals surface area contributed by atoms with Crippen LogP contribution in [0.3, 0.4) is 0 Å². The molecule has 4 rings (SSSR count). The molecule has 4 amide bonds. The quantitative estimate of drug-likeness (QED) is 0.262. The van der Waals surface area contributed by atoms with Gasteiger partial charge in [0.2, 0.25) is 0 Å². The molecule has 0 saturated carbocycles. The van der Waals surface area contributed by atoms with Gasteiger partial charge in [-0.25, -0.2) is 9.69 Å². The van der Waals surface area contributed by atoms with Crippen LogP contribution in [0.4, 0.5) is 10.5 Å². The molecule has 3 aromatic carbocycles. The number of benzene rings is 3. The van der Waals surface area contributed by atoms with Gasteiger partial charge in [-0.1, -0.05) is 35.4 Å². The van der Waals surface area contributed by atoms with Crippen LogP contribution in [0, 0.1) is 27.7 Å². The van der Waals surface area contributed by atoms with Crippen LogP contribution in [0.25, 0.3) is 6.08 Å². The van der Waals surface area contributed by atoms with E-state index in [-0.39, 0.29) is 5.57 Å². The van der Waals surface area contributed by atoms with Crippen molar-refractivity contribution in [1.29, 1.82) is 0 Å². The Morgan fingerprint density at radius 3 is 2.26 bits per heavy atom. The zero-order valence-corrected chi connectivity index (χ0v) is 23.6. The van der Waals surface area contributed by atoms with Crippen molar-refractivity contribution in [3.63, 3.8) is 0 Å². The molecular formula is C30H29BrN2O5. The first kappa shape index (κ1) is 27.1. The Hall–Kier alpha value is -3.91. The van der Waals surface area contributed by atoms with Gasteiger partial charge in [-0.05, 0) is 103 Å². The summed E-state index contributed by atoms with van der Waals surface area (Å²) in [5.74, 6) is -0.487. The van der Waals surface area contributed by atoms with E-state index in [9.17, 15) is 14.4 Å². The SMILES string of the molecule is CCOc1cc(/C=C2\C(=O)NC(=O)N(c3ccc(C)c(C)c3)C2=O)cc(Br)c1OCc1cc(C)cc(C)c1. The minimum Gasteiger partial charge on any atom is -0.490 e. The number of ether oxygens (including phenoxy) is 2. The molecule has 0 spiro atoms. The van der Waals surface area contributed by atoms with E-state index in [2.05, 4.69) is 39.4 Å². The molecule has 3 aromatic rings. The summed E-state index contributed by atoms with van der Waals surface area (Å²) in [7, 11) is 0. The second kappa shape index (κ2) is 11.2. The highest BCUT2D eigenvalue weighted by Crippen LogP contribution is 2.38. The predicted octanol–water partition coefficient (Wildman–Crippen LogP) is 6.33. The number of urea groups is 1. The normalized spacial score (nSPS) is 14.6. The number of nitrogens with zero attached hydrogens (tertiary/aromatic N) is 1. The third-order valence-corrected chi connectivity index (χ3v) is 6.75. The Kier molecular flexibility index (Phi) is 8.02. The van der Waals surface area contributed by atoms with Crippen LogP contribution in [0.5, 0.6) is 11.5 Å². The van der Waals surface area contributed by atoms with Crippen molar-refractivity contribution in [2.24, 2.45) is 0 Å². The summed E-state index contributed by atoms with van der Waals surface area (Å²) in [6.07, 6.45) is 1.44. The third-order valence-electron chi connectivity index (χ3n) is 6.16. The highest BCUT2D eigenvalue weighted by molar-refractivity contribution is 9.10. The Labute approximate surface area is 230 Å². The maximum Gasteiger partial charge on any atom is 0.335 e. The second-order valence-corrected chi connectivity index (χ2v) is 10.1. The monoisotopic (exact) mass is 576 g/mol. The summed E-state index contributed by atoms with van der Waals surface area (Å²) >= 11 is 3.55. The van der Waals surface area contributed by atoms with E-state index in [0.29, 0.717) is 40.4 Å². The fourth-order valence-electron chi connectivity index (χ4n) is 4.31. The summed E-state index contributed by atoms with van der Waals surface area (Å²) in [4.78, 5) is 39.6. The van der Waals surface area contributed by atoms with Crippen LogP contribution in [-0.2, 0) is 16.2 Å². The van der Waals surface area contributed by atoms with Crippen molar-refractivity contribution in [2.45, 2.75) is 41.2 Å². The molecule has 1 N–H and O–H groups in total. The van der Waals surface area contributed by atoms with Crippen LogP contribution < -0.4 is 19.7 Å². The molecule has 0 aromatic heterocycles. The summed E-state index contributed by atoms with van der Waals surface area (Å²) in [6, 6.07) is 14.1. The average molecular weight is 577 g/mol. The number of carbonyl (C=O) groups is 3. The number of nitrogens with one attached hydrogen (secondary N) is 1. The minimum atomic E-state index is -0.785. The Morgan fingerprint density at radius 2 is 1.61 bits per heavy atom. The lowest BCUT2D eigenvalue weighted by molar-refractivity contribution is -0.122. The van der Waals surface area contributed by atoms with E-state index >= 15 is 0 Å². The van der Waals surface area contributed by atoms with Crippen molar-refractivity contribution >= 4 is 45.5 Å².